The van der Waals surface area contributed by atoms with Crippen LogP contribution in [-0.2, 0) is 4.79 Å². The standard InChI is InChI=1S/C20H18ClN3O4/c1-28-15-8-4-12(5-9-15)19-16(17(22)10-18(25)26)11-24(23-19)20(27)13-2-6-14(21)7-3-13/h2-9,11,17H,10,22H2,1H3,(H,25,26). The molecule has 1 atom stereocenters. The van der Waals surface area contributed by atoms with Gasteiger partial charge in [0.25, 0.3) is 5.91 Å². The van der Waals surface area contributed by atoms with E-state index in [1.54, 1.807) is 55.6 Å². The molecule has 0 saturated carbocycles. The lowest BCUT2D eigenvalue weighted by atomic mass is 10.0. The van der Waals surface area contributed by atoms with E-state index in [2.05, 4.69) is 5.10 Å². The molecule has 1 unspecified atom stereocenters. The van der Waals surface area contributed by atoms with Gasteiger partial charge in [-0.3, -0.25) is 9.59 Å². The van der Waals surface area contributed by atoms with Gasteiger partial charge in [0.15, 0.2) is 0 Å². The minimum atomic E-state index is -1.04. The molecule has 0 saturated heterocycles. The number of carbonyl (C=O) groups is 2. The summed E-state index contributed by atoms with van der Waals surface area (Å²) in [6.07, 6.45) is 1.19. The minimum absolute atomic E-state index is 0.288. The highest BCUT2D eigenvalue weighted by atomic mass is 35.5. The van der Waals surface area contributed by atoms with E-state index in [1.807, 2.05) is 0 Å². The minimum Gasteiger partial charge on any atom is -0.497 e. The highest BCUT2D eigenvalue weighted by Gasteiger charge is 2.22. The summed E-state index contributed by atoms with van der Waals surface area (Å²) in [6.45, 7) is 0. The van der Waals surface area contributed by atoms with Gasteiger partial charge in [-0.1, -0.05) is 11.6 Å². The molecule has 144 valence electrons. The SMILES string of the molecule is COc1ccc(-c2nn(C(=O)c3ccc(Cl)cc3)cc2C(N)CC(=O)O)cc1. The molecule has 0 aliphatic heterocycles. The zero-order valence-electron chi connectivity index (χ0n) is 15.0. The molecule has 2 aromatic carbocycles. The van der Waals surface area contributed by atoms with E-state index in [1.165, 1.54) is 10.9 Å². The van der Waals surface area contributed by atoms with Crippen LogP contribution >= 0.6 is 11.6 Å². The van der Waals surface area contributed by atoms with Crippen LogP contribution in [0.15, 0.2) is 54.7 Å². The number of methoxy groups -OCH3 is 1. The quantitative estimate of drug-likeness (QED) is 0.658. The van der Waals surface area contributed by atoms with Crippen molar-refractivity contribution in [1.29, 1.82) is 0 Å². The van der Waals surface area contributed by atoms with Gasteiger partial charge in [-0.25, -0.2) is 4.68 Å². The Hall–Kier alpha value is -3.16. The van der Waals surface area contributed by atoms with Gasteiger partial charge in [0.05, 0.1) is 19.2 Å². The summed E-state index contributed by atoms with van der Waals surface area (Å²) in [4.78, 5) is 23.9. The molecular weight excluding hydrogens is 382 g/mol. The number of nitrogens with two attached hydrogens (primary N) is 1. The molecule has 0 aliphatic carbocycles. The Morgan fingerprint density at radius 2 is 1.82 bits per heavy atom. The summed E-state index contributed by atoms with van der Waals surface area (Å²) in [5.74, 6) is -0.748. The first-order valence-electron chi connectivity index (χ1n) is 8.40. The van der Waals surface area contributed by atoms with Crippen molar-refractivity contribution in [1.82, 2.24) is 9.78 Å². The zero-order chi connectivity index (χ0) is 20.3. The third kappa shape index (κ3) is 4.21. The smallest absolute Gasteiger partial charge is 0.305 e. The largest absolute Gasteiger partial charge is 0.497 e. The van der Waals surface area contributed by atoms with Crippen molar-refractivity contribution in [3.8, 4) is 17.0 Å². The molecule has 0 amide bonds. The second-order valence-electron chi connectivity index (χ2n) is 6.12. The first-order valence-corrected chi connectivity index (χ1v) is 8.78. The highest BCUT2D eigenvalue weighted by molar-refractivity contribution is 6.30. The number of hydrogen-bond acceptors (Lipinski definition) is 5. The van der Waals surface area contributed by atoms with Crippen LogP contribution in [0.25, 0.3) is 11.3 Å². The van der Waals surface area contributed by atoms with Crippen LogP contribution in [0.1, 0.15) is 28.4 Å². The van der Waals surface area contributed by atoms with Crippen LogP contribution < -0.4 is 10.5 Å². The molecule has 3 aromatic rings. The summed E-state index contributed by atoms with van der Waals surface area (Å²) in [6, 6.07) is 12.6. The van der Waals surface area contributed by atoms with Crippen LogP contribution in [-0.4, -0.2) is 33.9 Å². The molecule has 1 heterocycles. The summed E-state index contributed by atoms with van der Waals surface area (Å²) in [7, 11) is 1.56. The Labute approximate surface area is 166 Å². The van der Waals surface area contributed by atoms with Crippen LogP contribution in [0.3, 0.4) is 0 Å². The molecule has 0 fully saturated rings. The molecule has 3 rings (SSSR count). The molecule has 1 aromatic heterocycles. The van der Waals surface area contributed by atoms with E-state index in [0.29, 0.717) is 33.2 Å². The maximum absolute atomic E-state index is 12.8. The van der Waals surface area contributed by atoms with Crippen LogP contribution in [0.5, 0.6) is 5.75 Å². The number of nitrogens with zero attached hydrogens (tertiary/aromatic N) is 2. The normalized spacial score (nSPS) is 11.8. The fourth-order valence-electron chi connectivity index (χ4n) is 2.76. The number of rotatable bonds is 6. The monoisotopic (exact) mass is 399 g/mol. The summed E-state index contributed by atoms with van der Waals surface area (Å²) in [5.41, 5.74) is 8.07. The zero-order valence-corrected chi connectivity index (χ0v) is 15.8. The van der Waals surface area contributed by atoms with Gasteiger partial charge >= 0.3 is 5.97 Å². The molecule has 3 N–H and O–H groups in total. The molecular formula is C20H18ClN3O4. The number of aliphatic carboxylic acids is 1. The van der Waals surface area contributed by atoms with Crippen molar-refractivity contribution in [2.75, 3.05) is 7.11 Å². The van der Waals surface area contributed by atoms with Crippen molar-refractivity contribution < 1.29 is 19.4 Å². The molecule has 7 nitrogen and oxygen atoms in total. The molecule has 28 heavy (non-hydrogen) atoms. The van der Waals surface area contributed by atoms with E-state index >= 15 is 0 Å². The van der Waals surface area contributed by atoms with Gasteiger partial charge in [-0.15, -0.1) is 0 Å². The maximum Gasteiger partial charge on any atom is 0.305 e. The van der Waals surface area contributed by atoms with Gasteiger partial charge in [-0.05, 0) is 48.5 Å². The Balaban J connectivity index is 2.04. The lowest BCUT2D eigenvalue weighted by Crippen LogP contribution is -2.15. The number of halogens is 1. The van der Waals surface area contributed by atoms with Gasteiger partial charge < -0.3 is 15.6 Å². The van der Waals surface area contributed by atoms with Gasteiger partial charge in [0, 0.05) is 34.0 Å². The van der Waals surface area contributed by atoms with Crippen molar-refractivity contribution in [3.63, 3.8) is 0 Å². The fraction of sp³-hybridized carbons (Fsp3) is 0.150. The molecule has 0 spiro atoms. The lowest BCUT2D eigenvalue weighted by Gasteiger charge is -2.09. The summed E-state index contributed by atoms with van der Waals surface area (Å²) < 4.78 is 6.32. The van der Waals surface area contributed by atoms with Crippen molar-refractivity contribution in [3.05, 3.63) is 70.9 Å². The van der Waals surface area contributed by atoms with Crippen LogP contribution in [0.2, 0.25) is 5.02 Å². The number of aromatic nitrogens is 2. The molecule has 8 heteroatoms. The number of carboxylic acid groups (broad SMARTS) is 1. The predicted molar refractivity (Wildman–Crippen MR) is 105 cm³/mol. The average molecular weight is 400 g/mol. The van der Waals surface area contributed by atoms with Gasteiger partial charge in [-0.2, -0.15) is 5.10 Å². The number of hydrogen-bond donors (Lipinski definition) is 2. The fourth-order valence-corrected chi connectivity index (χ4v) is 2.88. The van der Waals surface area contributed by atoms with Crippen molar-refractivity contribution in [2.24, 2.45) is 5.73 Å². The molecule has 0 aliphatic rings. The lowest BCUT2D eigenvalue weighted by molar-refractivity contribution is -0.137. The Bertz CT molecular complexity index is 997. The van der Waals surface area contributed by atoms with E-state index in [9.17, 15) is 9.59 Å². The Morgan fingerprint density at radius 3 is 2.39 bits per heavy atom. The number of carboxylic acids is 1. The van der Waals surface area contributed by atoms with Crippen molar-refractivity contribution >= 4 is 23.5 Å². The third-order valence-corrected chi connectivity index (χ3v) is 4.45. The highest BCUT2D eigenvalue weighted by Crippen LogP contribution is 2.29. The number of ether oxygens (including phenoxy) is 1. The average Bonchev–Trinajstić information content (AvgIpc) is 3.13. The Morgan fingerprint density at radius 1 is 1.18 bits per heavy atom. The van der Waals surface area contributed by atoms with E-state index in [4.69, 9.17) is 27.2 Å². The summed E-state index contributed by atoms with van der Waals surface area (Å²) in [5, 5.41) is 14.0. The maximum atomic E-state index is 12.8. The number of benzene rings is 2. The van der Waals surface area contributed by atoms with Gasteiger partial charge in [0.1, 0.15) is 5.75 Å². The Kier molecular flexibility index (Phi) is 5.77. The van der Waals surface area contributed by atoms with Crippen LogP contribution in [0, 0.1) is 0 Å². The molecule has 0 radical (unpaired) electrons. The number of carbonyl (C=O) groups excluding carboxylic acids is 1. The summed E-state index contributed by atoms with van der Waals surface area (Å²) >= 11 is 5.87. The van der Waals surface area contributed by atoms with Gasteiger partial charge in [0.2, 0.25) is 0 Å². The predicted octanol–water partition coefficient (Wildman–Crippen LogP) is 3.38. The van der Waals surface area contributed by atoms with Crippen LogP contribution in [0.4, 0.5) is 0 Å². The first-order chi connectivity index (χ1) is 13.4. The van der Waals surface area contributed by atoms with E-state index in [-0.39, 0.29) is 12.3 Å². The third-order valence-electron chi connectivity index (χ3n) is 4.20. The van der Waals surface area contributed by atoms with E-state index < -0.39 is 12.0 Å². The second-order valence-corrected chi connectivity index (χ2v) is 6.56. The topological polar surface area (TPSA) is 107 Å². The van der Waals surface area contributed by atoms with Crippen molar-refractivity contribution in [2.45, 2.75) is 12.5 Å². The van der Waals surface area contributed by atoms with E-state index in [0.717, 1.165) is 0 Å². The first kappa shape index (κ1) is 19.6. The molecule has 0 bridgehead atoms. The second kappa shape index (κ2) is 8.24.